The molecule has 2 aliphatic heterocycles. The van der Waals surface area contributed by atoms with E-state index in [4.69, 9.17) is 0 Å². The average Bonchev–Trinajstić information content (AvgIpc) is 3.16. The van der Waals surface area contributed by atoms with Crippen LogP contribution in [0.1, 0.15) is 17.8 Å². The van der Waals surface area contributed by atoms with Crippen molar-refractivity contribution in [1.29, 1.82) is 0 Å². The summed E-state index contributed by atoms with van der Waals surface area (Å²) in [5, 5.41) is 7.25. The summed E-state index contributed by atoms with van der Waals surface area (Å²) >= 11 is 0. The molecule has 0 spiro atoms. The van der Waals surface area contributed by atoms with Crippen molar-refractivity contribution in [2.75, 3.05) is 24.5 Å². The lowest BCUT2D eigenvalue weighted by molar-refractivity contribution is -0.125. The number of rotatable bonds is 4. The maximum absolute atomic E-state index is 12.5. The van der Waals surface area contributed by atoms with Crippen molar-refractivity contribution in [3.8, 4) is 0 Å². The van der Waals surface area contributed by atoms with Crippen LogP contribution in [0.4, 0.5) is 5.69 Å². The molecule has 2 aromatic rings. The molecule has 132 valence electrons. The van der Waals surface area contributed by atoms with E-state index < -0.39 is 0 Å². The van der Waals surface area contributed by atoms with Crippen LogP contribution in [0.3, 0.4) is 0 Å². The van der Waals surface area contributed by atoms with Gasteiger partial charge in [-0.3, -0.25) is 9.36 Å². The number of aromatic nitrogens is 3. The maximum Gasteiger partial charge on any atom is 0.345 e. The van der Waals surface area contributed by atoms with Crippen molar-refractivity contribution in [1.82, 2.24) is 19.7 Å². The number of hydrogen-bond acceptors (Lipinski definition) is 4. The third kappa shape index (κ3) is 2.94. The van der Waals surface area contributed by atoms with E-state index in [1.54, 1.807) is 11.6 Å². The van der Waals surface area contributed by atoms with Crippen molar-refractivity contribution in [2.24, 2.45) is 13.0 Å². The molecule has 0 saturated carbocycles. The number of benzene rings is 1. The first kappa shape index (κ1) is 15.9. The summed E-state index contributed by atoms with van der Waals surface area (Å²) in [5.74, 6) is 0.666. The number of carbonyl (C=O) groups excluding carboxylic acids is 1. The van der Waals surface area contributed by atoms with Crippen LogP contribution in [0, 0.1) is 5.92 Å². The smallest absolute Gasteiger partial charge is 0.345 e. The number of nitrogens with zero attached hydrogens (tertiary/aromatic N) is 4. The van der Waals surface area contributed by atoms with Crippen LogP contribution in [0.5, 0.6) is 0 Å². The Labute approximate surface area is 146 Å². The number of anilines is 1. The lowest BCUT2D eigenvalue weighted by atomic mass is 9.98. The van der Waals surface area contributed by atoms with Gasteiger partial charge in [-0.1, -0.05) is 18.2 Å². The Morgan fingerprint density at radius 3 is 3.04 bits per heavy atom. The molecule has 1 amide bonds. The summed E-state index contributed by atoms with van der Waals surface area (Å²) < 4.78 is 2.98. The normalized spacial score (nSPS) is 18.8. The number of hydrogen-bond donors (Lipinski definition) is 1. The molecule has 0 radical (unpaired) electrons. The molecule has 7 heteroatoms. The molecule has 1 atom stereocenters. The molecule has 1 N–H and O–H groups in total. The van der Waals surface area contributed by atoms with Gasteiger partial charge in [0.25, 0.3) is 0 Å². The van der Waals surface area contributed by atoms with Gasteiger partial charge in [0.1, 0.15) is 5.82 Å². The SMILES string of the molecule is Cn1nc2n(c1=O)C[C@H](C(=O)NCCN1CCc3ccccc31)CC2. The number of aryl methyl sites for hydroxylation is 2. The number of para-hydroxylation sites is 1. The zero-order chi connectivity index (χ0) is 17.4. The molecule has 0 aliphatic carbocycles. The van der Waals surface area contributed by atoms with Gasteiger partial charge in [0.05, 0.1) is 5.92 Å². The molecular weight excluding hydrogens is 318 g/mol. The van der Waals surface area contributed by atoms with Crippen LogP contribution in [0.25, 0.3) is 0 Å². The molecule has 1 aromatic carbocycles. The minimum Gasteiger partial charge on any atom is -0.369 e. The van der Waals surface area contributed by atoms with Crippen molar-refractivity contribution in [3.05, 3.63) is 46.1 Å². The summed E-state index contributed by atoms with van der Waals surface area (Å²) in [5.41, 5.74) is 2.52. The van der Waals surface area contributed by atoms with Crippen molar-refractivity contribution < 1.29 is 4.79 Å². The first-order valence-corrected chi connectivity index (χ1v) is 8.87. The second-order valence-electron chi connectivity index (χ2n) is 6.83. The van der Waals surface area contributed by atoms with E-state index in [-0.39, 0.29) is 17.5 Å². The van der Waals surface area contributed by atoms with Gasteiger partial charge in [0, 0.05) is 45.3 Å². The Hall–Kier alpha value is -2.57. The van der Waals surface area contributed by atoms with E-state index in [2.05, 4.69) is 39.6 Å². The van der Waals surface area contributed by atoms with Gasteiger partial charge in [-0.2, -0.15) is 5.10 Å². The van der Waals surface area contributed by atoms with Gasteiger partial charge in [-0.15, -0.1) is 0 Å². The second-order valence-corrected chi connectivity index (χ2v) is 6.83. The zero-order valence-electron chi connectivity index (χ0n) is 14.4. The van der Waals surface area contributed by atoms with Gasteiger partial charge in [0.15, 0.2) is 0 Å². The van der Waals surface area contributed by atoms with Gasteiger partial charge in [-0.25, -0.2) is 9.48 Å². The minimum absolute atomic E-state index is 0.0360. The molecular formula is C18H23N5O2. The first-order valence-electron chi connectivity index (χ1n) is 8.87. The van der Waals surface area contributed by atoms with Crippen molar-refractivity contribution in [3.63, 3.8) is 0 Å². The van der Waals surface area contributed by atoms with Crippen molar-refractivity contribution >= 4 is 11.6 Å². The fraction of sp³-hybridized carbons (Fsp3) is 0.500. The van der Waals surface area contributed by atoms with Gasteiger partial charge >= 0.3 is 5.69 Å². The van der Waals surface area contributed by atoms with Crippen LogP contribution in [0.15, 0.2) is 29.1 Å². The molecule has 1 aromatic heterocycles. The first-order chi connectivity index (χ1) is 12.1. The molecule has 7 nitrogen and oxygen atoms in total. The summed E-state index contributed by atoms with van der Waals surface area (Å²) in [6.45, 7) is 2.87. The lowest BCUT2D eigenvalue weighted by Gasteiger charge is -2.23. The third-order valence-corrected chi connectivity index (χ3v) is 5.24. The van der Waals surface area contributed by atoms with Crippen molar-refractivity contribution in [2.45, 2.75) is 25.8 Å². The fourth-order valence-electron chi connectivity index (χ4n) is 3.85. The van der Waals surface area contributed by atoms with Gasteiger partial charge < -0.3 is 10.2 Å². The zero-order valence-corrected chi connectivity index (χ0v) is 14.4. The molecule has 2 aliphatic rings. The van der Waals surface area contributed by atoms with E-state index in [9.17, 15) is 9.59 Å². The van der Waals surface area contributed by atoms with Crippen LogP contribution < -0.4 is 15.9 Å². The van der Waals surface area contributed by atoms with E-state index >= 15 is 0 Å². The largest absolute Gasteiger partial charge is 0.369 e. The van der Waals surface area contributed by atoms with Crippen LogP contribution in [0.2, 0.25) is 0 Å². The highest BCUT2D eigenvalue weighted by atomic mass is 16.2. The van der Waals surface area contributed by atoms with Crippen LogP contribution in [-0.2, 0) is 31.2 Å². The molecule has 0 saturated heterocycles. The summed E-state index contributed by atoms with van der Waals surface area (Å²) in [6, 6.07) is 8.43. The predicted octanol–water partition coefficient (Wildman–Crippen LogP) is 0.323. The topological polar surface area (TPSA) is 72.2 Å². The number of carbonyl (C=O) groups is 1. The Morgan fingerprint density at radius 1 is 1.32 bits per heavy atom. The quantitative estimate of drug-likeness (QED) is 0.870. The van der Waals surface area contributed by atoms with E-state index in [0.717, 1.165) is 31.8 Å². The lowest BCUT2D eigenvalue weighted by Crippen LogP contribution is -2.41. The van der Waals surface area contributed by atoms with E-state index in [1.807, 2.05) is 0 Å². The average molecular weight is 341 g/mol. The summed E-state index contributed by atoms with van der Waals surface area (Å²) in [4.78, 5) is 26.8. The van der Waals surface area contributed by atoms with E-state index in [1.165, 1.54) is 15.9 Å². The Kier molecular flexibility index (Phi) is 4.07. The Morgan fingerprint density at radius 2 is 2.16 bits per heavy atom. The maximum atomic E-state index is 12.5. The number of nitrogens with one attached hydrogen (secondary N) is 1. The molecule has 0 unspecified atom stereocenters. The standard InChI is InChI=1S/C18H23N5O2/c1-21-18(25)23-12-14(6-7-16(23)20-21)17(24)19-9-11-22-10-8-13-4-2-3-5-15(13)22/h2-5,14H,6-12H2,1H3,(H,19,24)/t14-/m1/s1. The highest BCUT2D eigenvalue weighted by Crippen LogP contribution is 2.26. The molecule has 25 heavy (non-hydrogen) atoms. The molecule has 3 heterocycles. The Bertz CT molecular complexity index is 853. The predicted molar refractivity (Wildman–Crippen MR) is 94.6 cm³/mol. The Balaban J connectivity index is 1.32. The fourth-order valence-corrected chi connectivity index (χ4v) is 3.85. The molecule has 0 fully saturated rings. The number of amides is 1. The van der Waals surface area contributed by atoms with Gasteiger partial charge in [-0.05, 0) is 24.5 Å². The summed E-state index contributed by atoms with van der Waals surface area (Å²) in [6.07, 6.45) is 2.49. The molecule has 4 rings (SSSR count). The third-order valence-electron chi connectivity index (χ3n) is 5.24. The van der Waals surface area contributed by atoms with Crippen LogP contribution >= 0.6 is 0 Å². The highest BCUT2D eigenvalue weighted by Gasteiger charge is 2.27. The van der Waals surface area contributed by atoms with E-state index in [0.29, 0.717) is 19.5 Å². The van der Waals surface area contributed by atoms with Crippen LogP contribution in [-0.4, -0.2) is 39.9 Å². The monoisotopic (exact) mass is 341 g/mol. The minimum atomic E-state index is -0.153. The molecule has 0 bridgehead atoms. The highest BCUT2D eigenvalue weighted by molar-refractivity contribution is 5.78. The summed E-state index contributed by atoms with van der Waals surface area (Å²) in [7, 11) is 1.65. The van der Waals surface area contributed by atoms with Gasteiger partial charge in [0.2, 0.25) is 5.91 Å². The number of fused-ring (bicyclic) bond motifs is 2. The second kappa shape index (κ2) is 6.38.